The number of benzene rings is 1. The van der Waals surface area contributed by atoms with Gasteiger partial charge in [-0.05, 0) is 26.3 Å². The van der Waals surface area contributed by atoms with Gasteiger partial charge in [-0.2, -0.15) is 0 Å². The lowest BCUT2D eigenvalue weighted by Crippen LogP contribution is -2.07. The number of aryl methyl sites for hydroxylation is 1. The number of nitrogens with zero attached hydrogens (tertiary/aromatic N) is 2. The Hall–Kier alpha value is -2.96. The van der Waals surface area contributed by atoms with Crippen molar-refractivity contribution in [3.8, 4) is 28.9 Å². The van der Waals surface area contributed by atoms with Crippen LogP contribution in [0.5, 0.6) is 28.9 Å². The van der Waals surface area contributed by atoms with E-state index in [1.807, 2.05) is 26.8 Å². The number of hydrogen-bond acceptors (Lipinski definition) is 7. The van der Waals surface area contributed by atoms with Crippen LogP contribution >= 0.6 is 0 Å². The summed E-state index contributed by atoms with van der Waals surface area (Å²) in [6, 6.07) is 5.42. The van der Waals surface area contributed by atoms with E-state index >= 15 is 0 Å². The molecule has 0 fully saturated rings. The molecule has 0 atom stereocenters. The average Bonchev–Trinajstić information content (AvgIpc) is 2.68. The maximum Gasteiger partial charge on any atom is 0.223 e. The normalized spacial score (nSPS) is 11.1. The fraction of sp³-hybridized carbons (Fsp3) is 0.400. The summed E-state index contributed by atoms with van der Waals surface area (Å²) in [5.41, 5.74) is 3.39. The van der Waals surface area contributed by atoms with E-state index in [-0.39, 0.29) is 0 Å². The molecular weight excluding hydrogens is 348 g/mol. The van der Waals surface area contributed by atoms with Crippen molar-refractivity contribution in [3.63, 3.8) is 0 Å². The van der Waals surface area contributed by atoms with Crippen LogP contribution in [0, 0.1) is 13.8 Å². The van der Waals surface area contributed by atoms with Gasteiger partial charge < -0.3 is 23.8 Å². The average molecular weight is 374 g/mol. The smallest absolute Gasteiger partial charge is 0.223 e. The van der Waals surface area contributed by atoms with Gasteiger partial charge >= 0.3 is 0 Å². The summed E-state index contributed by atoms with van der Waals surface area (Å²) < 4.78 is 22.3. The lowest BCUT2D eigenvalue weighted by molar-refractivity contribution is 0.213. The second-order valence-electron chi connectivity index (χ2n) is 5.78. The zero-order valence-electron chi connectivity index (χ0n) is 16.9. The highest BCUT2D eigenvalue weighted by Crippen LogP contribution is 2.43. The first-order valence-electron chi connectivity index (χ1n) is 8.55. The zero-order chi connectivity index (χ0) is 20.0. The first-order chi connectivity index (χ1) is 13.0. The Bertz CT molecular complexity index is 808. The molecule has 0 saturated heterocycles. The van der Waals surface area contributed by atoms with Gasteiger partial charge in [0.05, 0.1) is 27.0 Å². The van der Waals surface area contributed by atoms with Crippen LogP contribution in [0.3, 0.4) is 0 Å². The molecule has 0 unspecified atom stereocenters. The summed E-state index contributed by atoms with van der Waals surface area (Å²) in [7, 11) is 6.23. The van der Waals surface area contributed by atoms with Gasteiger partial charge in [0.15, 0.2) is 11.5 Å². The SMILES string of the molecule is CC/C(=N/OC)c1cc(C)nc(Oc2c(OC)cc(OC)cc2OC)c1C. The molecule has 0 N–H and O–H groups in total. The van der Waals surface area contributed by atoms with Gasteiger partial charge in [0.25, 0.3) is 0 Å². The van der Waals surface area contributed by atoms with Crippen LogP contribution in [0.25, 0.3) is 0 Å². The molecule has 2 aromatic rings. The number of ether oxygens (including phenoxy) is 4. The largest absolute Gasteiger partial charge is 0.496 e. The maximum absolute atomic E-state index is 6.13. The first-order valence-corrected chi connectivity index (χ1v) is 8.55. The summed E-state index contributed by atoms with van der Waals surface area (Å²) in [5, 5.41) is 4.12. The fourth-order valence-electron chi connectivity index (χ4n) is 2.69. The molecule has 0 bridgehead atoms. The fourth-order valence-corrected chi connectivity index (χ4v) is 2.69. The molecule has 0 saturated carbocycles. The third kappa shape index (κ3) is 4.42. The maximum atomic E-state index is 6.13. The molecule has 0 aliphatic rings. The van der Waals surface area contributed by atoms with Crippen molar-refractivity contribution in [2.75, 3.05) is 28.4 Å². The van der Waals surface area contributed by atoms with Crippen molar-refractivity contribution in [2.45, 2.75) is 27.2 Å². The number of methoxy groups -OCH3 is 3. The van der Waals surface area contributed by atoms with E-state index in [2.05, 4.69) is 10.1 Å². The minimum Gasteiger partial charge on any atom is -0.496 e. The highest BCUT2D eigenvalue weighted by molar-refractivity contribution is 6.01. The monoisotopic (exact) mass is 374 g/mol. The standard InChI is InChI=1S/C20H26N2O5/c1-8-16(22-26-7)15-9-12(2)21-20(13(15)3)27-19-17(24-5)10-14(23-4)11-18(19)25-6/h9-11H,8H2,1-7H3/b22-16-. The van der Waals surface area contributed by atoms with Crippen molar-refractivity contribution >= 4 is 5.71 Å². The van der Waals surface area contributed by atoms with E-state index in [0.29, 0.717) is 35.3 Å². The molecule has 0 spiro atoms. The zero-order valence-corrected chi connectivity index (χ0v) is 16.9. The van der Waals surface area contributed by atoms with Crippen LogP contribution in [0.2, 0.25) is 0 Å². The molecule has 1 aromatic carbocycles. The van der Waals surface area contributed by atoms with Gasteiger partial charge in [0.1, 0.15) is 12.9 Å². The summed E-state index contributed by atoms with van der Waals surface area (Å²) >= 11 is 0. The molecule has 0 aliphatic heterocycles. The Morgan fingerprint density at radius 2 is 1.59 bits per heavy atom. The molecule has 7 nitrogen and oxygen atoms in total. The van der Waals surface area contributed by atoms with Gasteiger partial charge in [-0.15, -0.1) is 0 Å². The molecule has 1 aromatic heterocycles. The van der Waals surface area contributed by atoms with E-state index in [9.17, 15) is 0 Å². The van der Waals surface area contributed by atoms with Crippen molar-refractivity contribution in [3.05, 3.63) is 35.0 Å². The predicted molar refractivity (Wildman–Crippen MR) is 104 cm³/mol. The van der Waals surface area contributed by atoms with Gasteiger partial charge in [-0.3, -0.25) is 0 Å². The van der Waals surface area contributed by atoms with E-state index in [0.717, 1.165) is 22.5 Å². The second-order valence-corrected chi connectivity index (χ2v) is 5.78. The van der Waals surface area contributed by atoms with E-state index in [4.69, 9.17) is 23.8 Å². The number of aromatic nitrogens is 1. The molecule has 0 aliphatic carbocycles. The Morgan fingerprint density at radius 3 is 2.07 bits per heavy atom. The number of hydrogen-bond donors (Lipinski definition) is 0. The third-order valence-electron chi connectivity index (χ3n) is 4.07. The van der Waals surface area contributed by atoms with E-state index in [1.54, 1.807) is 33.5 Å². The Kier molecular flexibility index (Phi) is 6.87. The first kappa shape index (κ1) is 20.4. The molecule has 7 heteroatoms. The van der Waals surface area contributed by atoms with Gasteiger partial charge in [0.2, 0.25) is 11.6 Å². The van der Waals surface area contributed by atoms with Gasteiger partial charge in [-0.25, -0.2) is 4.98 Å². The number of pyridine rings is 1. The quantitative estimate of drug-likeness (QED) is 0.507. The lowest BCUT2D eigenvalue weighted by Gasteiger charge is -2.17. The molecule has 1 heterocycles. The van der Waals surface area contributed by atoms with Crippen molar-refractivity contribution in [1.82, 2.24) is 4.98 Å². The van der Waals surface area contributed by atoms with Gasteiger partial charge in [0, 0.05) is 29.0 Å². The van der Waals surface area contributed by atoms with Crippen LogP contribution in [-0.4, -0.2) is 39.1 Å². The molecule has 0 radical (unpaired) electrons. The molecule has 2 rings (SSSR count). The Balaban J connectivity index is 2.58. The highest BCUT2D eigenvalue weighted by Gasteiger charge is 2.20. The minimum absolute atomic E-state index is 0.426. The minimum atomic E-state index is 0.426. The van der Waals surface area contributed by atoms with E-state index in [1.165, 1.54) is 7.11 Å². The van der Waals surface area contributed by atoms with Crippen molar-refractivity contribution in [1.29, 1.82) is 0 Å². The highest BCUT2D eigenvalue weighted by atomic mass is 16.6. The number of oxime groups is 1. The molecular formula is C20H26N2O5. The van der Waals surface area contributed by atoms with Crippen LogP contribution in [0.4, 0.5) is 0 Å². The van der Waals surface area contributed by atoms with Crippen LogP contribution in [0.15, 0.2) is 23.4 Å². The predicted octanol–water partition coefficient (Wildman–Crippen LogP) is 4.28. The summed E-state index contributed by atoms with van der Waals surface area (Å²) in [4.78, 5) is 9.51. The van der Waals surface area contributed by atoms with Crippen LogP contribution < -0.4 is 18.9 Å². The second kappa shape index (κ2) is 9.12. The Labute approximate surface area is 159 Å². The summed E-state index contributed by atoms with van der Waals surface area (Å²) in [5.74, 6) is 2.44. The van der Waals surface area contributed by atoms with Crippen LogP contribution in [-0.2, 0) is 4.84 Å². The summed E-state index contributed by atoms with van der Waals surface area (Å²) in [6.07, 6.45) is 0.715. The van der Waals surface area contributed by atoms with Gasteiger partial charge in [-0.1, -0.05) is 12.1 Å². The Morgan fingerprint density at radius 1 is 0.963 bits per heavy atom. The summed E-state index contributed by atoms with van der Waals surface area (Å²) in [6.45, 7) is 5.85. The lowest BCUT2D eigenvalue weighted by atomic mass is 10.0. The molecule has 146 valence electrons. The van der Waals surface area contributed by atoms with Crippen LogP contribution in [0.1, 0.15) is 30.2 Å². The van der Waals surface area contributed by atoms with Crippen molar-refractivity contribution in [2.24, 2.45) is 5.16 Å². The third-order valence-corrected chi connectivity index (χ3v) is 4.07. The number of rotatable bonds is 8. The molecule has 0 amide bonds. The van der Waals surface area contributed by atoms with E-state index < -0.39 is 0 Å². The molecule has 27 heavy (non-hydrogen) atoms. The topological polar surface area (TPSA) is 71.4 Å². The van der Waals surface area contributed by atoms with Crippen molar-refractivity contribution < 1.29 is 23.8 Å².